The van der Waals surface area contributed by atoms with Gasteiger partial charge in [0.05, 0.1) is 26.1 Å². The zero-order valence-corrected chi connectivity index (χ0v) is 25.0. The van der Waals surface area contributed by atoms with Crippen molar-refractivity contribution in [3.05, 3.63) is 90.8 Å². The summed E-state index contributed by atoms with van der Waals surface area (Å²) in [4.78, 5) is 21.4. The van der Waals surface area contributed by atoms with Crippen LogP contribution >= 0.6 is 0 Å². The predicted molar refractivity (Wildman–Crippen MR) is 164 cm³/mol. The monoisotopic (exact) mass is 606 g/mol. The number of esters is 1. The van der Waals surface area contributed by atoms with Gasteiger partial charge in [-0.3, -0.25) is 4.79 Å². The van der Waals surface area contributed by atoms with Gasteiger partial charge in [-0.05, 0) is 66.1 Å². The molecule has 1 heterocycles. The van der Waals surface area contributed by atoms with Crippen molar-refractivity contribution >= 4 is 5.97 Å². The van der Waals surface area contributed by atoms with Crippen molar-refractivity contribution in [2.24, 2.45) is 0 Å². The highest BCUT2D eigenvalue weighted by molar-refractivity contribution is 5.74. The van der Waals surface area contributed by atoms with E-state index in [1.54, 1.807) is 24.5 Å². The Labute approximate surface area is 256 Å². The Hall–Kier alpha value is -4.40. The molecule has 0 amide bonds. The van der Waals surface area contributed by atoms with Crippen LogP contribution in [0.25, 0.3) is 22.5 Å². The van der Waals surface area contributed by atoms with E-state index in [1.807, 2.05) is 24.3 Å². The molecule has 4 aromatic rings. The van der Waals surface area contributed by atoms with Gasteiger partial charge in [0.15, 0.2) is 5.82 Å². The fraction of sp³-hybridized carbons (Fsp3) is 0.343. The summed E-state index contributed by atoms with van der Waals surface area (Å²) in [5.41, 5.74) is 2.43. The molecule has 0 fully saturated rings. The second-order valence-corrected chi connectivity index (χ2v) is 10.5. The predicted octanol–water partition coefficient (Wildman–Crippen LogP) is 9.20. The summed E-state index contributed by atoms with van der Waals surface area (Å²) in [5.74, 6) is -1.15. The molecule has 0 aliphatic rings. The summed E-state index contributed by atoms with van der Waals surface area (Å²) in [6.07, 6.45) is 5.28. The Morgan fingerprint density at radius 3 is 1.91 bits per heavy atom. The number of nitrogens with zero attached hydrogens (tertiary/aromatic N) is 2. The van der Waals surface area contributed by atoms with Crippen LogP contribution in [0, 0.1) is 0 Å². The maximum absolute atomic E-state index is 13.7. The van der Waals surface area contributed by atoms with Gasteiger partial charge in [0.2, 0.25) is 0 Å². The van der Waals surface area contributed by atoms with Crippen LogP contribution in [0.2, 0.25) is 0 Å². The van der Waals surface area contributed by atoms with Crippen molar-refractivity contribution < 1.29 is 32.2 Å². The SMILES string of the molecule is CCCCCCCCOc1ccc(-c2cnc(-c3ccc(OC(=O)C[C@@H](c4ccc(OC)cc4)C(F)(F)F)cc3)nc2)cc1. The lowest BCUT2D eigenvalue weighted by atomic mass is 9.95. The lowest BCUT2D eigenvalue weighted by Crippen LogP contribution is -2.25. The topological polar surface area (TPSA) is 70.5 Å². The van der Waals surface area contributed by atoms with Crippen LogP contribution in [0.4, 0.5) is 13.2 Å². The maximum atomic E-state index is 13.7. The van der Waals surface area contributed by atoms with E-state index in [0.29, 0.717) is 23.7 Å². The molecule has 9 heteroatoms. The van der Waals surface area contributed by atoms with Gasteiger partial charge in [0.25, 0.3) is 0 Å². The van der Waals surface area contributed by atoms with E-state index < -0.39 is 24.5 Å². The Morgan fingerprint density at radius 2 is 1.30 bits per heavy atom. The Bertz CT molecular complexity index is 1440. The molecule has 0 unspecified atom stereocenters. The summed E-state index contributed by atoms with van der Waals surface area (Å²) >= 11 is 0. The average molecular weight is 607 g/mol. The van der Waals surface area contributed by atoms with Gasteiger partial charge in [0.1, 0.15) is 17.2 Å². The van der Waals surface area contributed by atoms with E-state index in [0.717, 1.165) is 23.3 Å². The third kappa shape index (κ3) is 9.56. The van der Waals surface area contributed by atoms with E-state index in [4.69, 9.17) is 14.2 Å². The second kappa shape index (κ2) is 15.9. The van der Waals surface area contributed by atoms with Gasteiger partial charge in [0, 0.05) is 23.5 Å². The number of carbonyl (C=O) groups is 1. The first-order valence-corrected chi connectivity index (χ1v) is 14.8. The summed E-state index contributed by atoms with van der Waals surface area (Å²) in [6, 6.07) is 19.6. The van der Waals surface area contributed by atoms with Crippen LogP contribution < -0.4 is 14.2 Å². The fourth-order valence-corrected chi connectivity index (χ4v) is 4.71. The quantitative estimate of drug-likeness (QED) is 0.0763. The van der Waals surface area contributed by atoms with Gasteiger partial charge in [-0.2, -0.15) is 13.2 Å². The number of halogens is 3. The number of benzene rings is 3. The number of methoxy groups -OCH3 is 1. The molecule has 0 bridgehead atoms. The molecular formula is C35H37F3N2O4. The van der Waals surface area contributed by atoms with Crippen molar-refractivity contribution in [3.63, 3.8) is 0 Å². The number of alkyl halides is 3. The van der Waals surface area contributed by atoms with E-state index in [1.165, 1.54) is 75.6 Å². The third-order valence-corrected chi connectivity index (χ3v) is 7.23. The van der Waals surface area contributed by atoms with Gasteiger partial charge in [-0.25, -0.2) is 9.97 Å². The Balaban J connectivity index is 1.30. The number of unbranched alkanes of at least 4 members (excludes halogenated alkanes) is 5. The van der Waals surface area contributed by atoms with Crippen LogP contribution in [-0.2, 0) is 4.79 Å². The van der Waals surface area contributed by atoms with Crippen molar-refractivity contribution in [1.29, 1.82) is 0 Å². The standard InChI is InChI=1S/C35H37F3N2O4/c1-3-4-5-6-7-8-21-43-30-17-9-25(10-18-30)28-23-39-34(40-24-28)27-13-19-31(20-14-27)44-33(41)22-32(35(36,37)38)26-11-15-29(42-2)16-12-26/h9-20,23-24,32H,3-8,21-22H2,1-2H3/t32-/m0/s1. The van der Waals surface area contributed by atoms with Crippen molar-refractivity contribution in [3.8, 4) is 39.8 Å². The van der Waals surface area contributed by atoms with E-state index in [2.05, 4.69) is 16.9 Å². The van der Waals surface area contributed by atoms with Crippen LogP contribution in [0.3, 0.4) is 0 Å². The van der Waals surface area contributed by atoms with Crippen LogP contribution in [0.1, 0.15) is 63.4 Å². The molecular weight excluding hydrogens is 569 g/mol. The molecule has 232 valence electrons. The molecule has 0 saturated carbocycles. The molecule has 3 aromatic carbocycles. The number of hydrogen-bond acceptors (Lipinski definition) is 6. The smallest absolute Gasteiger partial charge is 0.396 e. The molecule has 0 N–H and O–H groups in total. The molecule has 6 nitrogen and oxygen atoms in total. The fourth-order valence-electron chi connectivity index (χ4n) is 4.71. The molecule has 0 spiro atoms. The van der Waals surface area contributed by atoms with Crippen molar-refractivity contribution in [1.82, 2.24) is 9.97 Å². The number of rotatable bonds is 15. The number of hydrogen-bond donors (Lipinski definition) is 0. The van der Waals surface area contributed by atoms with Gasteiger partial charge in [-0.1, -0.05) is 63.3 Å². The molecule has 0 aliphatic carbocycles. The van der Waals surface area contributed by atoms with Gasteiger partial charge in [-0.15, -0.1) is 0 Å². The van der Waals surface area contributed by atoms with Crippen molar-refractivity contribution in [2.75, 3.05) is 13.7 Å². The Morgan fingerprint density at radius 1 is 0.727 bits per heavy atom. The summed E-state index contributed by atoms with van der Waals surface area (Å²) in [6.45, 7) is 2.92. The second-order valence-electron chi connectivity index (χ2n) is 10.5. The largest absolute Gasteiger partial charge is 0.497 e. The highest BCUT2D eigenvalue weighted by Crippen LogP contribution is 2.38. The van der Waals surface area contributed by atoms with Crippen LogP contribution in [0.5, 0.6) is 17.2 Å². The number of aromatic nitrogens is 2. The molecule has 1 atom stereocenters. The molecule has 44 heavy (non-hydrogen) atoms. The van der Waals surface area contributed by atoms with Crippen molar-refractivity contribution in [2.45, 2.75) is 64.0 Å². The molecule has 0 aliphatic heterocycles. The van der Waals surface area contributed by atoms with E-state index in [-0.39, 0.29) is 11.3 Å². The summed E-state index contributed by atoms with van der Waals surface area (Å²) in [5, 5.41) is 0. The van der Waals surface area contributed by atoms with Gasteiger partial charge < -0.3 is 14.2 Å². The normalized spacial score (nSPS) is 12.0. The Kier molecular flexibility index (Phi) is 11.7. The van der Waals surface area contributed by atoms with E-state index >= 15 is 0 Å². The lowest BCUT2D eigenvalue weighted by Gasteiger charge is -2.20. The summed E-state index contributed by atoms with van der Waals surface area (Å²) < 4.78 is 57.2. The average Bonchev–Trinajstić information content (AvgIpc) is 3.03. The maximum Gasteiger partial charge on any atom is 0.396 e. The number of ether oxygens (including phenoxy) is 3. The lowest BCUT2D eigenvalue weighted by molar-refractivity contribution is -0.162. The van der Waals surface area contributed by atoms with Crippen LogP contribution in [0.15, 0.2) is 85.2 Å². The molecule has 4 rings (SSSR count). The molecule has 0 radical (unpaired) electrons. The highest BCUT2D eigenvalue weighted by atomic mass is 19.4. The first kappa shape index (κ1) is 32.5. The minimum atomic E-state index is -4.62. The minimum absolute atomic E-state index is 0.0426. The minimum Gasteiger partial charge on any atom is -0.497 e. The number of carbonyl (C=O) groups excluding carboxylic acids is 1. The molecule has 1 aromatic heterocycles. The zero-order valence-electron chi connectivity index (χ0n) is 25.0. The van der Waals surface area contributed by atoms with Crippen LogP contribution in [-0.4, -0.2) is 35.8 Å². The first-order chi connectivity index (χ1) is 21.3. The summed E-state index contributed by atoms with van der Waals surface area (Å²) in [7, 11) is 1.42. The third-order valence-electron chi connectivity index (χ3n) is 7.23. The first-order valence-electron chi connectivity index (χ1n) is 14.8. The van der Waals surface area contributed by atoms with E-state index in [9.17, 15) is 18.0 Å². The molecule has 0 saturated heterocycles. The zero-order chi connectivity index (χ0) is 31.4. The van der Waals surface area contributed by atoms with Gasteiger partial charge >= 0.3 is 12.1 Å². The highest BCUT2D eigenvalue weighted by Gasteiger charge is 2.42.